The molecule has 3 heterocycles. The number of anilines is 3. The summed E-state index contributed by atoms with van der Waals surface area (Å²) in [4.78, 5) is 14.6. The van der Waals surface area contributed by atoms with E-state index < -0.39 is 10.0 Å². The fourth-order valence-corrected chi connectivity index (χ4v) is 4.12. The predicted octanol–water partition coefficient (Wildman–Crippen LogP) is 1.96. The molecule has 148 valence electrons. The quantitative estimate of drug-likeness (QED) is 0.575. The molecule has 1 saturated heterocycles. The van der Waals surface area contributed by atoms with Gasteiger partial charge in [-0.15, -0.1) is 0 Å². The molecule has 0 unspecified atom stereocenters. The van der Waals surface area contributed by atoms with Crippen LogP contribution in [0.5, 0.6) is 0 Å². The number of nitrogens with zero attached hydrogens (tertiary/aromatic N) is 3. The van der Waals surface area contributed by atoms with Crippen molar-refractivity contribution in [2.45, 2.75) is 23.8 Å². The zero-order chi connectivity index (χ0) is 19.7. The second-order valence-electron chi connectivity index (χ2n) is 6.75. The first-order valence-corrected chi connectivity index (χ1v) is 10.5. The molecular weight excluding hydrogens is 380 g/mol. The van der Waals surface area contributed by atoms with Gasteiger partial charge in [0, 0.05) is 25.5 Å². The minimum atomic E-state index is -3.79. The zero-order valence-electron chi connectivity index (χ0n) is 15.4. The molecule has 2 aromatic heterocycles. The van der Waals surface area contributed by atoms with Gasteiger partial charge in [-0.25, -0.2) is 13.6 Å². The van der Waals surface area contributed by atoms with E-state index in [2.05, 4.69) is 20.2 Å². The number of rotatable bonds is 6. The lowest BCUT2D eigenvalue weighted by molar-refractivity contribution is 0.180. The molecule has 0 saturated carbocycles. The smallest absolute Gasteiger partial charge is 0.238 e. The highest BCUT2D eigenvalue weighted by atomic mass is 32.2. The molecule has 1 aromatic carbocycles. The van der Waals surface area contributed by atoms with Gasteiger partial charge < -0.3 is 19.9 Å². The van der Waals surface area contributed by atoms with E-state index in [-0.39, 0.29) is 10.9 Å². The number of aromatic nitrogens is 3. The highest BCUT2D eigenvalue weighted by Crippen LogP contribution is 2.31. The van der Waals surface area contributed by atoms with Crippen LogP contribution < -0.4 is 15.4 Å². The van der Waals surface area contributed by atoms with E-state index in [9.17, 15) is 8.42 Å². The van der Waals surface area contributed by atoms with Crippen molar-refractivity contribution in [1.82, 2.24) is 15.0 Å². The molecule has 0 bridgehead atoms. The van der Waals surface area contributed by atoms with Gasteiger partial charge in [0.15, 0.2) is 0 Å². The van der Waals surface area contributed by atoms with E-state index in [4.69, 9.17) is 14.9 Å². The Kier molecular flexibility index (Phi) is 4.92. The highest BCUT2D eigenvalue weighted by molar-refractivity contribution is 7.89. The highest BCUT2D eigenvalue weighted by Gasteiger charge is 2.28. The number of H-pyrrole nitrogens is 1. The van der Waals surface area contributed by atoms with Gasteiger partial charge in [0.2, 0.25) is 16.0 Å². The molecule has 1 aliphatic heterocycles. The number of fused-ring (bicyclic) bond motifs is 1. The van der Waals surface area contributed by atoms with Crippen LogP contribution in [0.4, 0.5) is 17.5 Å². The first kappa shape index (κ1) is 18.7. The molecule has 28 heavy (non-hydrogen) atoms. The van der Waals surface area contributed by atoms with E-state index in [1.165, 1.54) is 12.1 Å². The lowest BCUT2D eigenvalue weighted by Crippen LogP contribution is -2.33. The van der Waals surface area contributed by atoms with E-state index in [1.54, 1.807) is 19.2 Å². The maximum atomic E-state index is 11.6. The molecule has 0 spiro atoms. The van der Waals surface area contributed by atoms with E-state index in [0.29, 0.717) is 23.9 Å². The Bertz CT molecular complexity index is 1100. The fraction of sp³-hybridized carbons (Fsp3) is 0.333. The van der Waals surface area contributed by atoms with Gasteiger partial charge in [-0.3, -0.25) is 0 Å². The number of methoxy groups -OCH3 is 1. The largest absolute Gasteiger partial charge is 0.383 e. The van der Waals surface area contributed by atoms with Crippen molar-refractivity contribution in [1.29, 1.82) is 0 Å². The summed E-state index contributed by atoms with van der Waals surface area (Å²) in [5.41, 5.74) is 1.25. The molecule has 0 amide bonds. The van der Waals surface area contributed by atoms with Gasteiger partial charge in [0.05, 0.1) is 22.9 Å². The Balaban J connectivity index is 1.71. The number of sulfonamides is 1. The normalized spacial score (nSPS) is 17.4. The second kappa shape index (κ2) is 7.38. The van der Waals surface area contributed by atoms with Crippen molar-refractivity contribution < 1.29 is 13.2 Å². The summed E-state index contributed by atoms with van der Waals surface area (Å²) in [6, 6.07) is 8.47. The molecule has 4 rings (SSSR count). The van der Waals surface area contributed by atoms with Gasteiger partial charge in [0.1, 0.15) is 11.5 Å². The summed E-state index contributed by atoms with van der Waals surface area (Å²) >= 11 is 0. The third kappa shape index (κ3) is 3.66. The molecule has 3 aromatic rings. The minimum Gasteiger partial charge on any atom is -0.383 e. The standard InChI is InChI=1S/C18H22N6O3S/c1-27-11-13-5-3-9-24(13)17-15-7-8-20-16(15)22-18(23-17)21-12-4-2-6-14(10-12)28(19,25)26/h2,4,6-8,10,13H,3,5,9,11H2,1H3,(H2,19,25,26)(H2,20,21,22,23)/t13-/m0/s1. The van der Waals surface area contributed by atoms with E-state index in [0.717, 1.165) is 30.6 Å². The van der Waals surface area contributed by atoms with Crippen molar-refractivity contribution >= 4 is 38.5 Å². The summed E-state index contributed by atoms with van der Waals surface area (Å²) in [7, 11) is -2.09. The van der Waals surface area contributed by atoms with Gasteiger partial charge in [-0.2, -0.15) is 9.97 Å². The average molecular weight is 402 g/mol. The van der Waals surface area contributed by atoms with Crippen molar-refractivity contribution in [3.63, 3.8) is 0 Å². The first-order chi connectivity index (χ1) is 13.5. The number of ether oxygens (including phenoxy) is 1. The SMILES string of the molecule is COC[C@@H]1CCCN1c1nc(Nc2cccc(S(N)(=O)=O)c2)nc2[nH]ccc12. The number of hydrogen-bond donors (Lipinski definition) is 3. The van der Waals surface area contributed by atoms with Crippen LogP contribution in [0.15, 0.2) is 41.4 Å². The molecule has 1 atom stereocenters. The van der Waals surface area contributed by atoms with Crippen LogP contribution in [0.25, 0.3) is 11.0 Å². The molecule has 1 aliphatic rings. The van der Waals surface area contributed by atoms with Crippen molar-refractivity contribution in [2.24, 2.45) is 5.14 Å². The topological polar surface area (TPSA) is 126 Å². The maximum absolute atomic E-state index is 11.6. The van der Waals surface area contributed by atoms with Crippen LogP contribution in [0.3, 0.4) is 0 Å². The first-order valence-electron chi connectivity index (χ1n) is 8.96. The molecule has 0 radical (unpaired) electrons. The fourth-order valence-electron chi connectivity index (χ4n) is 3.56. The average Bonchev–Trinajstić information content (AvgIpc) is 3.30. The van der Waals surface area contributed by atoms with Crippen molar-refractivity contribution in [3.8, 4) is 0 Å². The van der Waals surface area contributed by atoms with E-state index in [1.807, 2.05) is 12.3 Å². The summed E-state index contributed by atoms with van der Waals surface area (Å²) in [5.74, 6) is 1.20. The number of aromatic amines is 1. The summed E-state index contributed by atoms with van der Waals surface area (Å²) in [6.45, 7) is 1.53. The lowest BCUT2D eigenvalue weighted by atomic mass is 10.2. The Hall–Kier alpha value is -2.69. The minimum absolute atomic E-state index is 0.0263. The third-order valence-electron chi connectivity index (χ3n) is 4.82. The summed E-state index contributed by atoms with van der Waals surface area (Å²) in [5, 5.41) is 9.25. The van der Waals surface area contributed by atoms with Crippen LogP contribution in [-0.4, -0.2) is 49.7 Å². The summed E-state index contributed by atoms with van der Waals surface area (Å²) in [6.07, 6.45) is 3.95. The number of primary sulfonamides is 1. The third-order valence-corrected chi connectivity index (χ3v) is 5.73. The van der Waals surface area contributed by atoms with Crippen LogP contribution in [0.2, 0.25) is 0 Å². The van der Waals surface area contributed by atoms with Gasteiger partial charge in [-0.1, -0.05) is 6.07 Å². The molecule has 4 N–H and O–H groups in total. The van der Waals surface area contributed by atoms with Gasteiger partial charge in [0.25, 0.3) is 0 Å². The molecular formula is C18H22N6O3S. The van der Waals surface area contributed by atoms with Crippen molar-refractivity contribution in [2.75, 3.05) is 30.5 Å². The Morgan fingerprint density at radius 3 is 3.00 bits per heavy atom. The van der Waals surface area contributed by atoms with Crippen LogP contribution in [-0.2, 0) is 14.8 Å². The Morgan fingerprint density at radius 1 is 1.36 bits per heavy atom. The lowest BCUT2D eigenvalue weighted by Gasteiger charge is -2.26. The molecule has 0 aliphatic carbocycles. The molecule has 9 nitrogen and oxygen atoms in total. The number of nitrogens with one attached hydrogen (secondary N) is 2. The molecule has 10 heteroatoms. The van der Waals surface area contributed by atoms with Gasteiger partial charge >= 0.3 is 0 Å². The van der Waals surface area contributed by atoms with Crippen LogP contribution in [0, 0.1) is 0 Å². The maximum Gasteiger partial charge on any atom is 0.238 e. The number of hydrogen-bond acceptors (Lipinski definition) is 7. The number of nitrogens with two attached hydrogens (primary N) is 1. The Morgan fingerprint density at radius 2 is 2.21 bits per heavy atom. The zero-order valence-corrected chi connectivity index (χ0v) is 16.2. The van der Waals surface area contributed by atoms with Gasteiger partial charge in [-0.05, 0) is 37.1 Å². The monoisotopic (exact) mass is 402 g/mol. The summed E-state index contributed by atoms with van der Waals surface area (Å²) < 4.78 is 28.6. The van der Waals surface area contributed by atoms with Crippen molar-refractivity contribution in [3.05, 3.63) is 36.5 Å². The second-order valence-corrected chi connectivity index (χ2v) is 8.31. The Labute approximate surface area is 163 Å². The van der Waals surface area contributed by atoms with Crippen LogP contribution in [0.1, 0.15) is 12.8 Å². The molecule has 1 fully saturated rings. The predicted molar refractivity (Wildman–Crippen MR) is 107 cm³/mol. The number of benzene rings is 1. The van der Waals surface area contributed by atoms with E-state index >= 15 is 0 Å². The van der Waals surface area contributed by atoms with Crippen LogP contribution >= 0.6 is 0 Å².